The summed E-state index contributed by atoms with van der Waals surface area (Å²) in [6, 6.07) is 13.1. The Balaban J connectivity index is 1.69. The summed E-state index contributed by atoms with van der Waals surface area (Å²) in [6.45, 7) is 4.78. The second-order valence-corrected chi connectivity index (χ2v) is 7.66. The Labute approximate surface area is 172 Å². The van der Waals surface area contributed by atoms with Gasteiger partial charge in [-0.15, -0.1) is 10.2 Å². The molecule has 140 valence electrons. The predicted molar refractivity (Wildman–Crippen MR) is 112 cm³/mol. The third kappa shape index (κ3) is 4.83. The van der Waals surface area contributed by atoms with Crippen molar-refractivity contribution in [1.82, 2.24) is 14.8 Å². The van der Waals surface area contributed by atoms with Crippen LogP contribution in [0.5, 0.6) is 0 Å². The molecule has 0 fully saturated rings. The molecule has 0 unspecified atom stereocenters. The Morgan fingerprint density at radius 1 is 1.15 bits per heavy atom. The number of hydrogen-bond donors (Lipinski definition) is 1. The van der Waals surface area contributed by atoms with Crippen LogP contribution in [-0.2, 0) is 11.3 Å². The summed E-state index contributed by atoms with van der Waals surface area (Å²) >= 11 is 13.3. The summed E-state index contributed by atoms with van der Waals surface area (Å²) in [4.78, 5) is 12.3. The van der Waals surface area contributed by atoms with Gasteiger partial charge in [0.15, 0.2) is 11.0 Å². The topological polar surface area (TPSA) is 59.8 Å². The summed E-state index contributed by atoms with van der Waals surface area (Å²) in [5, 5.41) is 12.9. The number of carbonyl (C=O) groups excluding carboxylic acids is 1. The molecule has 2 aromatic carbocycles. The molecule has 0 saturated carbocycles. The molecule has 3 aromatic rings. The highest BCUT2D eigenvalue weighted by Gasteiger charge is 2.15. The average molecular weight is 421 g/mol. The zero-order valence-electron chi connectivity index (χ0n) is 14.9. The normalized spacial score (nSPS) is 10.8. The number of nitrogens with zero attached hydrogens (tertiary/aromatic N) is 3. The van der Waals surface area contributed by atoms with Crippen LogP contribution in [0.4, 0.5) is 5.69 Å². The van der Waals surface area contributed by atoms with Crippen LogP contribution < -0.4 is 5.32 Å². The molecule has 1 heterocycles. The third-order valence-electron chi connectivity index (χ3n) is 3.88. The molecule has 0 spiro atoms. The highest BCUT2D eigenvalue weighted by molar-refractivity contribution is 7.99. The van der Waals surface area contributed by atoms with E-state index in [1.165, 1.54) is 17.3 Å². The van der Waals surface area contributed by atoms with Gasteiger partial charge >= 0.3 is 0 Å². The van der Waals surface area contributed by atoms with E-state index in [1.54, 1.807) is 18.2 Å². The monoisotopic (exact) mass is 420 g/mol. The van der Waals surface area contributed by atoms with E-state index in [0.717, 1.165) is 11.4 Å². The number of halogens is 2. The average Bonchev–Trinajstić information content (AvgIpc) is 3.06. The highest BCUT2D eigenvalue weighted by Crippen LogP contribution is 2.27. The molecule has 0 aliphatic carbocycles. The van der Waals surface area contributed by atoms with E-state index in [1.807, 2.05) is 42.7 Å². The number of carbonyl (C=O) groups is 1. The highest BCUT2D eigenvalue weighted by atomic mass is 35.5. The quantitative estimate of drug-likeness (QED) is 0.548. The van der Waals surface area contributed by atoms with E-state index in [2.05, 4.69) is 15.5 Å². The zero-order valence-corrected chi connectivity index (χ0v) is 17.2. The number of benzene rings is 2. The minimum atomic E-state index is -0.174. The fourth-order valence-electron chi connectivity index (χ4n) is 2.50. The first kappa shape index (κ1) is 19.7. The maximum atomic E-state index is 12.3. The van der Waals surface area contributed by atoms with Crippen LogP contribution in [0.25, 0.3) is 11.4 Å². The van der Waals surface area contributed by atoms with Gasteiger partial charge in [0.25, 0.3) is 0 Å². The Hall–Kier alpha value is -2.02. The first-order valence-corrected chi connectivity index (χ1v) is 10.1. The predicted octanol–water partition coefficient (Wildman–Crippen LogP) is 5.31. The van der Waals surface area contributed by atoms with Gasteiger partial charge < -0.3 is 9.88 Å². The molecule has 0 aliphatic rings. The van der Waals surface area contributed by atoms with Crippen LogP contribution >= 0.6 is 35.0 Å². The molecule has 0 saturated heterocycles. The fraction of sp³-hybridized carbons (Fsp3) is 0.211. The van der Waals surface area contributed by atoms with Crippen molar-refractivity contribution in [2.75, 3.05) is 11.1 Å². The molecule has 1 N–H and O–H groups in total. The van der Waals surface area contributed by atoms with E-state index in [-0.39, 0.29) is 11.7 Å². The largest absolute Gasteiger partial charge is 0.324 e. The first-order valence-electron chi connectivity index (χ1n) is 8.36. The van der Waals surface area contributed by atoms with Gasteiger partial charge in [-0.05, 0) is 32.0 Å². The number of aryl methyl sites for hydroxylation is 1. The van der Waals surface area contributed by atoms with Gasteiger partial charge in [-0.25, -0.2) is 0 Å². The number of anilines is 1. The molecule has 0 bridgehead atoms. The lowest BCUT2D eigenvalue weighted by Gasteiger charge is -2.09. The number of aromatic nitrogens is 3. The van der Waals surface area contributed by atoms with Gasteiger partial charge in [-0.1, -0.05) is 64.8 Å². The maximum absolute atomic E-state index is 12.3. The summed E-state index contributed by atoms with van der Waals surface area (Å²) in [7, 11) is 0. The molecule has 1 amide bonds. The second-order valence-electron chi connectivity index (χ2n) is 5.88. The van der Waals surface area contributed by atoms with Crippen molar-refractivity contribution in [2.45, 2.75) is 25.5 Å². The van der Waals surface area contributed by atoms with Gasteiger partial charge in [-0.3, -0.25) is 4.79 Å². The molecule has 3 rings (SSSR count). The van der Waals surface area contributed by atoms with Crippen molar-refractivity contribution >= 4 is 46.6 Å². The lowest BCUT2D eigenvalue weighted by Crippen LogP contribution is -2.15. The molecule has 5 nitrogen and oxygen atoms in total. The molecule has 1 aromatic heterocycles. The SMILES string of the molecule is CCn1c(SCC(=O)Nc2ccc(Cl)cc2Cl)nnc1-c1ccc(C)cc1. The summed E-state index contributed by atoms with van der Waals surface area (Å²) in [5.41, 5.74) is 2.72. The Bertz CT molecular complexity index is 957. The van der Waals surface area contributed by atoms with Crippen LogP contribution in [0, 0.1) is 6.92 Å². The summed E-state index contributed by atoms with van der Waals surface area (Å²) < 4.78 is 2.00. The maximum Gasteiger partial charge on any atom is 0.234 e. The molecular weight excluding hydrogens is 403 g/mol. The van der Waals surface area contributed by atoms with Crippen molar-refractivity contribution in [3.63, 3.8) is 0 Å². The number of nitrogens with one attached hydrogen (secondary N) is 1. The Morgan fingerprint density at radius 3 is 2.56 bits per heavy atom. The van der Waals surface area contributed by atoms with Gasteiger partial charge in [0, 0.05) is 17.1 Å². The van der Waals surface area contributed by atoms with Gasteiger partial charge in [0.1, 0.15) is 0 Å². The van der Waals surface area contributed by atoms with Crippen LogP contribution in [0.2, 0.25) is 10.0 Å². The van der Waals surface area contributed by atoms with Crippen molar-refractivity contribution in [2.24, 2.45) is 0 Å². The van der Waals surface area contributed by atoms with Crippen LogP contribution in [0.1, 0.15) is 12.5 Å². The van der Waals surface area contributed by atoms with E-state index in [9.17, 15) is 4.79 Å². The Kier molecular flexibility index (Phi) is 6.42. The smallest absolute Gasteiger partial charge is 0.234 e. The molecule has 0 radical (unpaired) electrons. The van der Waals surface area contributed by atoms with Crippen LogP contribution in [0.15, 0.2) is 47.6 Å². The standard InChI is InChI=1S/C19H18Cl2N4OS/c1-3-25-18(13-6-4-12(2)5-7-13)23-24-19(25)27-11-17(26)22-16-9-8-14(20)10-15(16)21/h4-10H,3,11H2,1-2H3,(H,22,26). The third-order valence-corrected chi connectivity index (χ3v) is 5.39. The van der Waals surface area contributed by atoms with Crippen LogP contribution in [-0.4, -0.2) is 26.4 Å². The van der Waals surface area contributed by atoms with Gasteiger partial charge in [0.05, 0.1) is 16.5 Å². The number of hydrogen-bond acceptors (Lipinski definition) is 4. The fourth-order valence-corrected chi connectivity index (χ4v) is 3.76. The van der Waals surface area contributed by atoms with E-state index < -0.39 is 0 Å². The first-order chi connectivity index (χ1) is 13.0. The minimum Gasteiger partial charge on any atom is -0.324 e. The van der Waals surface area contributed by atoms with Crippen molar-refractivity contribution in [3.05, 3.63) is 58.1 Å². The molecule has 0 atom stereocenters. The van der Waals surface area contributed by atoms with E-state index in [0.29, 0.717) is 27.4 Å². The number of rotatable bonds is 6. The van der Waals surface area contributed by atoms with Crippen molar-refractivity contribution < 1.29 is 4.79 Å². The number of amides is 1. The minimum absolute atomic E-state index is 0.174. The molecule has 27 heavy (non-hydrogen) atoms. The Morgan fingerprint density at radius 2 is 1.89 bits per heavy atom. The van der Waals surface area contributed by atoms with Crippen molar-refractivity contribution in [3.8, 4) is 11.4 Å². The zero-order chi connectivity index (χ0) is 19.4. The molecule has 8 heteroatoms. The number of thioether (sulfide) groups is 1. The van der Waals surface area contributed by atoms with Crippen LogP contribution in [0.3, 0.4) is 0 Å². The second kappa shape index (κ2) is 8.78. The molecular formula is C19H18Cl2N4OS. The van der Waals surface area contributed by atoms with Crippen molar-refractivity contribution in [1.29, 1.82) is 0 Å². The van der Waals surface area contributed by atoms with Gasteiger partial charge in [-0.2, -0.15) is 0 Å². The lowest BCUT2D eigenvalue weighted by atomic mass is 10.1. The summed E-state index contributed by atoms with van der Waals surface area (Å²) in [6.07, 6.45) is 0. The van der Waals surface area contributed by atoms with E-state index >= 15 is 0 Å². The van der Waals surface area contributed by atoms with E-state index in [4.69, 9.17) is 23.2 Å². The lowest BCUT2D eigenvalue weighted by molar-refractivity contribution is -0.113. The van der Waals surface area contributed by atoms with Gasteiger partial charge in [0.2, 0.25) is 5.91 Å². The summed E-state index contributed by atoms with van der Waals surface area (Å²) in [5.74, 6) is 0.818. The molecule has 0 aliphatic heterocycles.